The lowest BCUT2D eigenvalue weighted by Gasteiger charge is -2.12. The van der Waals surface area contributed by atoms with E-state index >= 15 is 0 Å². The minimum absolute atomic E-state index is 0.0370. The number of fused-ring (bicyclic) bond motifs is 1. The van der Waals surface area contributed by atoms with Crippen molar-refractivity contribution in [2.75, 3.05) is 11.5 Å². The van der Waals surface area contributed by atoms with Gasteiger partial charge < -0.3 is 16.6 Å². The Morgan fingerprint density at radius 1 is 1.30 bits per heavy atom. The Morgan fingerprint density at radius 2 is 2.03 bits per heavy atom. The molecule has 0 fully saturated rings. The molecule has 9 nitrogen and oxygen atoms in total. The predicted molar refractivity (Wildman–Crippen MR) is 111 cm³/mol. The molecular weight excluding hydrogens is 402 g/mol. The molecule has 1 aromatic carbocycles. The van der Waals surface area contributed by atoms with Gasteiger partial charge in [-0.05, 0) is 16.2 Å². The molecule has 0 saturated carbocycles. The molecule has 4 aromatic rings. The number of aliphatic imine (C=N–C) groups is 1. The zero-order valence-corrected chi connectivity index (χ0v) is 17.0. The highest BCUT2D eigenvalue weighted by Gasteiger charge is 2.22. The van der Waals surface area contributed by atoms with Crippen molar-refractivity contribution >= 4 is 44.8 Å². The first-order chi connectivity index (χ1) is 14.4. The number of hydrogen-bond donors (Lipinski definition) is 2. The molecular formula is C20H17N7O2S. The first-order valence-electron chi connectivity index (χ1n) is 9.02. The van der Waals surface area contributed by atoms with E-state index in [0.29, 0.717) is 15.8 Å². The fourth-order valence-electron chi connectivity index (χ4n) is 3.19. The predicted octanol–water partition coefficient (Wildman–Crippen LogP) is 2.16. The van der Waals surface area contributed by atoms with Crippen molar-refractivity contribution in [3.05, 3.63) is 52.5 Å². The molecule has 0 amide bonds. The topological polar surface area (TPSA) is 154 Å². The average Bonchev–Trinajstić information content (AvgIpc) is 3.32. The van der Waals surface area contributed by atoms with Crippen LogP contribution in [0.15, 0.2) is 46.0 Å². The van der Waals surface area contributed by atoms with Gasteiger partial charge in [0.05, 0.1) is 16.1 Å². The smallest absolute Gasteiger partial charge is 0.321 e. The van der Waals surface area contributed by atoms with Crippen molar-refractivity contribution in [1.29, 1.82) is 5.26 Å². The number of pyridine rings is 1. The second-order valence-electron chi connectivity index (χ2n) is 6.81. The standard InChI is InChI=1S/C20H17N7O2S/c1-10(2)14-12(8-21)18(23)25-20-15(14)16(22)17(30-20)19(28)24-13-9-27(26-29-13)11-6-4-3-5-7-11/h3-7,9-10H,1-2H3,(H4-,22,23,24,25,26,28). The Labute approximate surface area is 175 Å². The van der Waals surface area contributed by atoms with Crippen molar-refractivity contribution in [2.45, 2.75) is 19.8 Å². The first-order valence-corrected chi connectivity index (χ1v) is 9.84. The normalized spacial score (nSPS) is 11.9. The molecule has 3 heterocycles. The van der Waals surface area contributed by atoms with Gasteiger partial charge in [0.15, 0.2) is 0 Å². The van der Waals surface area contributed by atoms with Gasteiger partial charge in [0, 0.05) is 23.4 Å². The van der Waals surface area contributed by atoms with Gasteiger partial charge in [-0.1, -0.05) is 32.0 Å². The summed E-state index contributed by atoms with van der Waals surface area (Å²) < 4.78 is 6.62. The Balaban J connectivity index is 1.80. The fraction of sp³-hybridized carbons (Fsp3) is 0.150. The molecule has 0 aliphatic rings. The molecule has 0 aliphatic heterocycles. The van der Waals surface area contributed by atoms with Crippen LogP contribution in [0.1, 0.15) is 35.8 Å². The van der Waals surface area contributed by atoms with Gasteiger partial charge in [-0.25, -0.2) is 9.98 Å². The summed E-state index contributed by atoms with van der Waals surface area (Å²) in [5, 5.41) is 26.7. The van der Waals surface area contributed by atoms with Crippen LogP contribution < -0.4 is 21.3 Å². The highest BCUT2D eigenvalue weighted by Crippen LogP contribution is 2.40. The molecule has 150 valence electrons. The summed E-state index contributed by atoms with van der Waals surface area (Å²) >= 11 is 1.08. The van der Waals surface area contributed by atoms with Crippen LogP contribution >= 0.6 is 11.3 Å². The summed E-state index contributed by atoms with van der Waals surface area (Å²) in [7, 11) is 0. The van der Waals surface area contributed by atoms with E-state index in [4.69, 9.17) is 16.0 Å². The minimum atomic E-state index is -0.585. The SMILES string of the molecule is CC(C)c1c(C#N)c(N)nc2sc(/C([O-])=N/c3c[n+](-c4ccccc4)no3)c(N)c12. The second kappa shape index (κ2) is 7.46. The van der Waals surface area contributed by atoms with Crippen LogP contribution in [0.2, 0.25) is 0 Å². The van der Waals surface area contributed by atoms with Crippen LogP contribution in [0.5, 0.6) is 0 Å². The summed E-state index contributed by atoms with van der Waals surface area (Å²) in [4.78, 5) is 8.95. The van der Waals surface area contributed by atoms with Crippen molar-refractivity contribution in [1.82, 2.24) is 10.3 Å². The maximum Gasteiger partial charge on any atom is 0.321 e. The maximum atomic E-state index is 12.8. The number of benzene rings is 1. The van der Waals surface area contributed by atoms with E-state index in [-0.39, 0.29) is 33.7 Å². The van der Waals surface area contributed by atoms with Crippen molar-refractivity contribution in [3.8, 4) is 11.8 Å². The van der Waals surface area contributed by atoms with Crippen LogP contribution in [0.3, 0.4) is 0 Å². The van der Waals surface area contributed by atoms with Gasteiger partial charge in [-0.15, -0.1) is 11.3 Å². The molecule has 0 atom stereocenters. The number of anilines is 2. The Kier molecular flexibility index (Phi) is 4.81. The quantitative estimate of drug-likeness (QED) is 0.292. The van der Waals surface area contributed by atoms with Crippen LogP contribution in [0.4, 0.5) is 17.4 Å². The molecule has 10 heteroatoms. The van der Waals surface area contributed by atoms with E-state index < -0.39 is 5.90 Å². The second-order valence-corrected chi connectivity index (χ2v) is 7.81. The number of thiophene rings is 1. The van der Waals surface area contributed by atoms with E-state index in [1.54, 1.807) is 0 Å². The van der Waals surface area contributed by atoms with E-state index in [0.717, 1.165) is 17.0 Å². The number of nitrogens with two attached hydrogens (primary N) is 2. The highest BCUT2D eigenvalue weighted by molar-refractivity contribution is 7.21. The molecule has 3 aromatic heterocycles. The molecule has 0 aliphatic carbocycles. The molecule has 0 bridgehead atoms. The first kappa shape index (κ1) is 19.4. The van der Waals surface area contributed by atoms with E-state index in [1.807, 2.05) is 44.2 Å². The van der Waals surface area contributed by atoms with Crippen molar-refractivity contribution in [2.24, 2.45) is 4.99 Å². The van der Waals surface area contributed by atoms with Crippen LogP contribution in [-0.4, -0.2) is 16.2 Å². The van der Waals surface area contributed by atoms with Crippen LogP contribution in [-0.2, 0) is 0 Å². The molecule has 4 N–H and O–H groups in total. The van der Waals surface area contributed by atoms with E-state index in [1.165, 1.54) is 10.9 Å². The zero-order valence-electron chi connectivity index (χ0n) is 16.2. The molecule has 4 rings (SSSR count). The number of nitrogen functional groups attached to an aromatic ring is 2. The fourth-order valence-corrected chi connectivity index (χ4v) is 4.20. The van der Waals surface area contributed by atoms with Gasteiger partial charge in [0.25, 0.3) is 6.20 Å². The monoisotopic (exact) mass is 419 g/mol. The number of nitriles is 1. The number of para-hydroxylation sites is 1. The van der Waals surface area contributed by atoms with Crippen molar-refractivity contribution in [3.63, 3.8) is 0 Å². The van der Waals surface area contributed by atoms with Gasteiger partial charge in [-0.2, -0.15) is 5.26 Å². The van der Waals surface area contributed by atoms with Crippen LogP contribution in [0.25, 0.3) is 15.9 Å². The largest absolute Gasteiger partial charge is 0.857 e. The summed E-state index contributed by atoms with van der Waals surface area (Å²) in [6.07, 6.45) is 1.50. The lowest BCUT2D eigenvalue weighted by molar-refractivity contribution is -0.670. The number of rotatable bonds is 4. The average molecular weight is 419 g/mol. The Bertz CT molecular complexity index is 1320. The summed E-state index contributed by atoms with van der Waals surface area (Å²) in [5.41, 5.74) is 14.2. The lowest BCUT2D eigenvalue weighted by atomic mass is 9.95. The van der Waals surface area contributed by atoms with Crippen molar-refractivity contribution < 1.29 is 14.3 Å². The molecule has 0 unspecified atom stereocenters. The molecule has 30 heavy (non-hydrogen) atoms. The number of aromatic nitrogens is 3. The number of nitrogens with zero attached hydrogens (tertiary/aromatic N) is 5. The highest BCUT2D eigenvalue weighted by atomic mass is 32.1. The third kappa shape index (κ3) is 3.21. The van der Waals surface area contributed by atoms with Gasteiger partial charge in [-0.3, -0.25) is 4.52 Å². The molecule has 0 radical (unpaired) electrons. The molecule has 0 saturated heterocycles. The van der Waals surface area contributed by atoms with Gasteiger partial charge >= 0.3 is 5.88 Å². The Hall–Kier alpha value is -3.97. The summed E-state index contributed by atoms with van der Waals surface area (Å²) in [6, 6.07) is 11.4. The Morgan fingerprint density at radius 3 is 2.70 bits per heavy atom. The molecule has 0 spiro atoms. The third-order valence-corrected chi connectivity index (χ3v) is 5.60. The third-order valence-electron chi connectivity index (χ3n) is 4.51. The minimum Gasteiger partial charge on any atom is -0.857 e. The van der Waals surface area contributed by atoms with E-state index in [2.05, 4.69) is 21.3 Å². The maximum absolute atomic E-state index is 12.8. The number of hydrogen-bond acceptors (Lipinski definition) is 9. The van der Waals surface area contributed by atoms with E-state index in [9.17, 15) is 10.4 Å². The lowest BCUT2D eigenvalue weighted by Crippen LogP contribution is -2.30. The zero-order chi connectivity index (χ0) is 21.4. The van der Waals surface area contributed by atoms with Crippen LogP contribution in [0, 0.1) is 11.3 Å². The summed E-state index contributed by atoms with van der Waals surface area (Å²) in [5.74, 6) is -0.470. The summed E-state index contributed by atoms with van der Waals surface area (Å²) in [6.45, 7) is 3.85. The van der Waals surface area contributed by atoms with Gasteiger partial charge in [0.2, 0.25) is 11.0 Å². The van der Waals surface area contributed by atoms with Gasteiger partial charge in [0.1, 0.15) is 16.7 Å².